The van der Waals surface area contributed by atoms with Gasteiger partial charge in [0.05, 0.1) is 6.04 Å². The molecule has 0 aliphatic rings. The van der Waals surface area contributed by atoms with Gasteiger partial charge in [0.1, 0.15) is 18.1 Å². The fraction of sp³-hybridized carbons (Fsp3) is 0.350. The predicted octanol–water partition coefficient (Wildman–Crippen LogP) is 3.57. The van der Waals surface area contributed by atoms with Crippen LogP contribution in [-0.2, 0) is 4.79 Å². The summed E-state index contributed by atoms with van der Waals surface area (Å²) in [5.41, 5.74) is 3.20. The molecule has 1 atom stereocenters. The lowest BCUT2D eigenvalue weighted by Crippen LogP contribution is -2.39. The van der Waals surface area contributed by atoms with Gasteiger partial charge in [-0.3, -0.25) is 4.79 Å². The molecule has 0 radical (unpaired) electrons. The maximum Gasteiger partial charge on any atom is 0.258 e. The van der Waals surface area contributed by atoms with Gasteiger partial charge < -0.3 is 14.8 Å². The smallest absolute Gasteiger partial charge is 0.258 e. The minimum Gasteiger partial charge on any atom is -0.491 e. The van der Waals surface area contributed by atoms with Crippen LogP contribution >= 0.6 is 0 Å². The van der Waals surface area contributed by atoms with Gasteiger partial charge in [-0.05, 0) is 56.5 Å². The Balaban J connectivity index is 1.77. The summed E-state index contributed by atoms with van der Waals surface area (Å²) >= 11 is 0. The molecule has 1 unspecified atom stereocenters. The van der Waals surface area contributed by atoms with Crippen molar-refractivity contribution < 1.29 is 14.3 Å². The van der Waals surface area contributed by atoms with Crippen molar-refractivity contribution in [3.05, 3.63) is 59.2 Å². The zero-order valence-corrected chi connectivity index (χ0v) is 14.8. The molecule has 0 aliphatic carbocycles. The molecule has 0 saturated heterocycles. The third kappa shape index (κ3) is 5.30. The number of carbonyl (C=O) groups excluding carboxylic acids is 1. The number of hydrogen-bond donors (Lipinski definition) is 1. The topological polar surface area (TPSA) is 47.6 Å². The van der Waals surface area contributed by atoms with Gasteiger partial charge in [-0.1, -0.05) is 30.3 Å². The Bertz CT molecular complexity index is 697. The fourth-order valence-corrected chi connectivity index (χ4v) is 2.30. The van der Waals surface area contributed by atoms with E-state index in [-0.39, 0.29) is 18.6 Å². The summed E-state index contributed by atoms with van der Waals surface area (Å²) in [5, 5.41) is 2.88. The number of para-hydroxylation sites is 1. The largest absolute Gasteiger partial charge is 0.491 e. The van der Waals surface area contributed by atoms with Crippen molar-refractivity contribution in [2.75, 3.05) is 13.2 Å². The first-order chi connectivity index (χ1) is 11.5. The number of hydrogen-bond acceptors (Lipinski definition) is 3. The summed E-state index contributed by atoms with van der Waals surface area (Å²) in [6.07, 6.45) is 0. The zero-order chi connectivity index (χ0) is 17.5. The van der Waals surface area contributed by atoms with Crippen LogP contribution in [0.25, 0.3) is 0 Å². The van der Waals surface area contributed by atoms with Gasteiger partial charge in [0.25, 0.3) is 5.91 Å². The fourth-order valence-electron chi connectivity index (χ4n) is 2.30. The summed E-state index contributed by atoms with van der Waals surface area (Å²) in [6, 6.07) is 13.7. The maximum absolute atomic E-state index is 12.0. The first-order valence-electron chi connectivity index (χ1n) is 8.13. The second kappa shape index (κ2) is 8.39. The third-order valence-corrected chi connectivity index (χ3v) is 3.69. The Kier molecular flexibility index (Phi) is 6.24. The minimum atomic E-state index is -0.156. The molecule has 24 heavy (non-hydrogen) atoms. The molecule has 4 heteroatoms. The predicted molar refractivity (Wildman–Crippen MR) is 95.7 cm³/mol. The van der Waals surface area contributed by atoms with E-state index in [4.69, 9.17) is 9.47 Å². The number of amides is 1. The molecule has 1 N–H and O–H groups in total. The number of rotatable bonds is 7. The molecule has 0 spiro atoms. The highest BCUT2D eigenvalue weighted by atomic mass is 16.5. The lowest BCUT2D eigenvalue weighted by Gasteiger charge is -2.16. The number of ether oxygens (including phenoxy) is 2. The average molecular weight is 327 g/mol. The van der Waals surface area contributed by atoms with Crippen LogP contribution < -0.4 is 14.8 Å². The Morgan fingerprint density at radius 3 is 2.46 bits per heavy atom. The van der Waals surface area contributed by atoms with Crippen LogP contribution in [0.1, 0.15) is 23.6 Å². The van der Waals surface area contributed by atoms with Gasteiger partial charge >= 0.3 is 0 Å². The quantitative estimate of drug-likeness (QED) is 0.845. The lowest BCUT2D eigenvalue weighted by atomic mass is 10.1. The third-order valence-electron chi connectivity index (χ3n) is 3.69. The molecule has 2 rings (SSSR count). The summed E-state index contributed by atoms with van der Waals surface area (Å²) < 4.78 is 11.4. The van der Waals surface area contributed by atoms with Gasteiger partial charge in [-0.25, -0.2) is 0 Å². The van der Waals surface area contributed by atoms with E-state index < -0.39 is 0 Å². The number of nitrogens with one attached hydrogen (secondary N) is 1. The van der Waals surface area contributed by atoms with E-state index in [2.05, 4.69) is 5.32 Å². The molecule has 0 fully saturated rings. The van der Waals surface area contributed by atoms with Gasteiger partial charge in [-0.2, -0.15) is 0 Å². The van der Waals surface area contributed by atoms with Crippen LogP contribution in [0.3, 0.4) is 0 Å². The molecule has 2 aromatic carbocycles. The van der Waals surface area contributed by atoms with E-state index in [0.717, 1.165) is 28.2 Å². The SMILES string of the molecule is Cc1ccc(C)c(OCC(=O)NC(C)COc2ccccc2C)c1. The van der Waals surface area contributed by atoms with Gasteiger partial charge in [0, 0.05) is 0 Å². The van der Waals surface area contributed by atoms with Crippen LogP contribution in [0, 0.1) is 20.8 Å². The van der Waals surface area contributed by atoms with Crippen LogP contribution in [0.2, 0.25) is 0 Å². The van der Waals surface area contributed by atoms with Crippen LogP contribution in [-0.4, -0.2) is 25.2 Å². The molecule has 2 aromatic rings. The first kappa shape index (κ1) is 17.9. The molecule has 128 valence electrons. The highest BCUT2D eigenvalue weighted by molar-refractivity contribution is 5.77. The maximum atomic E-state index is 12.0. The van der Waals surface area contributed by atoms with Gasteiger partial charge in [0.2, 0.25) is 0 Å². The van der Waals surface area contributed by atoms with Crippen LogP contribution in [0.15, 0.2) is 42.5 Å². The van der Waals surface area contributed by atoms with E-state index in [1.54, 1.807) is 0 Å². The Labute approximate surface area is 143 Å². The summed E-state index contributed by atoms with van der Waals surface area (Å²) in [6.45, 7) is 8.28. The monoisotopic (exact) mass is 327 g/mol. The lowest BCUT2D eigenvalue weighted by molar-refractivity contribution is -0.123. The van der Waals surface area contributed by atoms with E-state index >= 15 is 0 Å². The van der Waals surface area contributed by atoms with Gasteiger partial charge in [-0.15, -0.1) is 0 Å². The molecular formula is C20H25NO3. The number of benzene rings is 2. The Morgan fingerprint density at radius 1 is 1.00 bits per heavy atom. The highest BCUT2D eigenvalue weighted by Gasteiger charge is 2.10. The normalized spacial score (nSPS) is 11.7. The Morgan fingerprint density at radius 2 is 1.71 bits per heavy atom. The van der Waals surface area contributed by atoms with E-state index in [1.807, 2.05) is 70.2 Å². The summed E-state index contributed by atoms with van der Waals surface area (Å²) in [5.74, 6) is 1.43. The standard InChI is InChI=1S/C20H25NO3/c1-14-9-10-16(3)19(11-14)24-13-20(22)21-17(4)12-23-18-8-6-5-7-15(18)2/h5-11,17H,12-13H2,1-4H3,(H,21,22). The number of aryl methyl sites for hydroxylation is 3. The molecule has 1 amide bonds. The summed E-state index contributed by atoms with van der Waals surface area (Å²) in [7, 11) is 0. The minimum absolute atomic E-state index is 0.000994. The van der Waals surface area contributed by atoms with E-state index in [9.17, 15) is 4.79 Å². The second-order valence-corrected chi connectivity index (χ2v) is 6.10. The van der Waals surface area contributed by atoms with Crippen molar-refractivity contribution in [2.45, 2.75) is 33.7 Å². The molecule has 0 aromatic heterocycles. The summed E-state index contributed by atoms with van der Waals surface area (Å²) in [4.78, 5) is 12.0. The molecule has 4 nitrogen and oxygen atoms in total. The van der Waals surface area contributed by atoms with Crippen molar-refractivity contribution in [2.24, 2.45) is 0 Å². The van der Waals surface area contributed by atoms with Crippen molar-refractivity contribution in [3.8, 4) is 11.5 Å². The van der Waals surface area contributed by atoms with E-state index in [1.165, 1.54) is 0 Å². The molecule has 0 heterocycles. The molecule has 0 aliphatic heterocycles. The van der Waals surface area contributed by atoms with Gasteiger partial charge in [0.15, 0.2) is 6.61 Å². The van der Waals surface area contributed by atoms with Crippen molar-refractivity contribution in [3.63, 3.8) is 0 Å². The number of carbonyl (C=O) groups is 1. The van der Waals surface area contributed by atoms with E-state index in [0.29, 0.717) is 6.61 Å². The van der Waals surface area contributed by atoms with Crippen molar-refractivity contribution in [1.29, 1.82) is 0 Å². The zero-order valence-electron chi connectivity index (χ0n) is 14.8. The molecular weight excluding hydrogens is 302 g/mol. The molecule has 0 bridgehead atoms. The van der Waals surface area contributed by atoms with Crippen LogP contribution in [0.5, 0.6) is 11.5 Å². The van der Waals surface area contributed by atoms with Crippen molar-refractivity contribution >= 4 is 5.91 Å². The second-order valence-electron chi connectivity index (χ2n) is 6.10. The van der Waals surface area contributed by atoms with Crippen molar-refractivity contribution in [1.82, 2.24) is 5.32 Å². The van der Waals surface area contributed by atoms with Crippen LogP contribution in [0.4, 0.5) is 0 Å². The molecule has 0 saturated carbocycles. The Hall–Kier alpha value is -2.49. The average Bonchev–Trinajstić information content (AvgIpc) is 2.55. The first-order valence-corrected chi connectivity index (χ1v) is 8.13. The highest BCUT2D eigenvalue weighted by Crippen LogP contribution is 2.19.